The molecule has 0 heteroatoms. The minimum absolute atomic E-state index is 1.04. The van der Waals surface area contributed by atoms with E-state index in [-0.39, 0.29) is 0 Å². The van der Waals surface area contributed by atoms with Crippen molar-refractivity contribution in [2.75, 3.05) is 0 Å². The predicted molar refractivity (Wildman–Crippen MR) is 43.8 cm³/mol. The van der Waals surface area contributed by atoms with E-state index in [4.69, 9.17) is 0 Å². The molecule has 0 radical (unpaired) electrons. The first-order chi connectivity index (χ1) is 4.77. The monoisotopic (exact) mass is 138 g/mol. The Labute approximate surface area is 64.0 Å². The second-order valence-corrected chi connectivity index (χ2v) is 4.53. The molecule has 0 aliphatic heterocycles. The average Bonchev–Trinajstić information content (AvgIpc) is 1.86. The minimum atomic E-state index is 1.04. The van der Waals surface area contributed by atoms with Crippen LogP contribution in [0.2, 0.25) is 0 Å². The summed E-state index contributed by atoms with van der Waals surface area (Å²) in [4.78, 5) is 0. The summed E-state index contributed by atoms with van der Waals surface area (Å²) in [5, 5.41) is 0. The lowest BCUT2D eigenvalue weighted by Gasteiger charge is -2.45. The Kier molecular flexibility index (Phi) is 1.51. The molecule has 2 bridgehead atoms. The van der Waals surface area contributed by atoms with Gasteiger partial charge in [-0.1, -0.05) is 20.3 Å². The van der Waals surface area contributed by atoms with Gasteiger partial charge in [-0.2, -0.15) is 0 Å². The van der Waals surface area contributed by atoms with Crippen LogP contribution in [0.4, 0.5) is 0 Å². The molecule has 0 heterocycles. The summed E-state index contributed by atoms with van der Waals surface area (Å²) in [6, 6.07) is 0. The molecule has 0 amide bonds. The van der Waals surface area contributed by atoms with Gasteiger partial charge in [0, 0.05) is 0 Å². The Morgan fingerprint density at radius 3 is 1.80 bits per heavy atom. The minimum Gasteiger partial charge on any atom is -0.0622 e. The number of rotatable bonds is 0. The van der Waals surface area contributed by atoms with E-state index in [1.165, 1.54) is 19.3 Å². The third-order valence-electron chi connectivity index (χ3n) is 3.78. The lowest BCUT2D eigenvalue weighted by molar-refractivity contribution is 0.0556. The van der Waals surface area contributed by atoms with Crippen LogP contribution in [0.1, 0.15) is 39.5 Å². The van der Waals surface area contributed by atoms with Crippen LogP contribution in [0.15, 0.2) is 0 Å². The van der Waals surface area contributed by atoms with Crippen molar-refractivity contribution in [2.24, 2.45) is 23.7 Å². The van der Waals surface area contributed by atoms with Crippen LogP contribution in [0, 0.1) is 23.7 Å². The molecule has 3 saturated carbocycles. The molecular weight excluding hydrogens is 120 g/mol. The van der Waals surface area contributed by atoms with Gasteiger partial charge < -0.3 is 0 Å². The topological polar surface area (TPSA) is 0 Å². The number of hydrogen-bond donors (Lipinski definition) is 0. The molecule has 0 saturated heterocycles. The molecular formula is C10H18. The summed E-state index contributed by atoms with van der Waals surface area (Å²) < 4.78 is 0. The summed E-state index contributed by atoms with van der Waals surface area (Å²) in [5.74, 6) is 4.28. The largest absolute Gasteiger partial charge is 0.0622 e. The van der Waals surface area contributed by atoms with Crippen molar-refractivity contribution < 1.29 is 0 Å². The van der Waals surface area contributed by atoms with E-state index in [0.717, 1.165) is 23.7 Å². The SMILES string of the molecule is CC1CC2CCC1C(C)C2. The van der Waals surface area contributed by atoms with Gasteiger partial charge in [-0.05, 0) is 42.9 Å². The second kappa shape index (κ2) is 2.25. The van der Waals surface area contributed by atoms with Crippen molar-refractivity contribution in [2.45, 2.75) is 39.5 Å². The Bertz CT molecular complexity index is 116. The molecule has 0 aromatic rings. The summed E-state index contributed by atoms with van der Waals surface area (Å²) in [6.07, 6.45) is 6.15. The zero-order chi connectivity index (χ0) is 7.14. The van der Waals surface area contributed by atoms with E-state index in [1.807, 2.05) is 0 Å². The molecule has 0 aromatic heterocycles. The molecule has 3 aliphatic carbocycles. The van der Waals surface area contributed by atoms with Gasteiger partial charge in [0.1, 0.15) is 0 Å². The molecule has 0 spiro atoms. The predicted octanol–water partition coefficient (Wildman–Crippen LogP) is 3.08. The highest BCUT2D eigenvalue weighted by atomic mass is 14.4. The lowest BCUT2D eigenvalue weighted by Crippen LogP contribution is -2.35. The molecule has 2 unspecified atom stereocenters. The van der Waals surface area contributed by atoms with Crippen molar-refractivity contribution >= 4 is 0 Å². The molecule has 58 valence electrons. The first-order valence-corrected chi connectivity index (χ1v) is 4.77. The van der Waals surface area contributed by atoms with Gasteiger partial charge in [0.2, 0.25) is 0 Å². The maximum atomic E-state index is 2.45. The van der Waals surface area contributed by atoms with Crippen molar-refractivity contribution in [3.63, 3.8) is 0 Å². The van der Waals surface area contributed by atoms with Gasteiger partial charge in [0.25, 0.3) is 0 Å². The van der Waals surface area contributed by atoms with Crippen molar-refractivity contribution in [1.29, 1.82) is 0 Å². The summed E-state index contributed by atoms with van der Waals surface area (Å²) in [6.45, 7) is 4.90. The number of hydrogen-bond acceptors (Lipinski definition) is 0. The van der Waals surface area contributed by atoms with Crippen LogP contribution in [-0.2, 0) is 0 Å². The van der Waals surface area contributed by atoms with E-state index in [2.05, 4.69) is 13.8 Å². The summed E-state index contributed by atoms with van der Waals surface area (Å²) in [7, 11) is 0. The van der Waals surface area contributed by atoms with Crippen molar-refractivity contribution in [3.05, 3.63) is 0 Å². The van der Waals surface area contributed by atoms with Crippen LogP contribution >= 0.6 is 0 Å². The zero-order valence-corrected chi connectivity index (χ0v) is 7.14. The first-order valence-electron chi connectivity index (χ1n) is 4.77. The molecule has 3 aliphatic rings. The fourth-order valence-corrected chi connectivity index (χ4v) is 3.29. The van der Waals surface area contributed by atoms with Gasteiger partial charge in [0.15, 0.2) is 0 Å². The van der Waals surface area contributed by atoms with Crippen LogP contribution in [0.25, 0.3) is 0 Å². The smallest absolute Gasteiger partial charge is 0.0362 e. The first kappa shape index (κ1) is 6.69. The van der Waals surface area contributed by atoms with E-state index >= 15 is 0 Å². The number of fused-ring (bicyclic) bond motifs is 3. The molecule has 10 heavy (non-hydrogen) atoms. The molecule has 0 aromatic carbocycles. The normalized spacial score (nSPS) is 53.4. The molecule has 0 N–H and O–H groups in total. The van der Waals surface area contributed by atoms with Crippen molar-refractivity contribution in [3.8, 4) is 0 Å². The van der Waals surface area contributed by atoms with Gasteiger partial charge in [-0.15, -0.1) is 0 Å². The Balaban J connectivity index is 2.11. The van der Waals surface area contributed by atoms with Gasteiger partial charge in [0.05, 0.1) is 0 Å². The fraction of sp³-hybridized carbons (Fsp3) is 1.00. The van der Waals surface area contributed by atoms with E-state index in [9.17, 15) is 0 Å². The zero-order valence-electron chi connectivity index (χ0n) is 7.14. The fourth-order valence-electron chi connectivity index (χ4n) is 3.29. The summed E-state index contributed by atoms with van der Waals surface area (Å²) >= 11 is 0. The van der Waals surface area contributed by atoms with Crippen LogP contribution in [0.5, 0.6) is 0 Å². The molecule has 2 atom stereocenters. The quantitative estimate of drug-likeness (QED) is 0.482. The highest BCUT2D eigenvalue weighted by Crippen LogP contribution is 2.47. The maximum absolute atomic E-state index is 2.45. The van der Waals surface area contributed by atoms with Gasteiger partial charge in [-0.3, -0.25) is 0 Å². The van der Waals surface area contributed by atoms with Gasteiger partial charge in [-0.25, -0.2) is 0 Å². The summed E-state index contributed by atoms with van der Waals surface area (Å²) in [5.41, 5.74) is 0. The van der Waals surface area contributed by atoms with E-state index < -0.39 is 0 Å². The lowest BCUT2D eigenvalue weighted by atomic mass is 9.61. The Morgan fingerprint density at radius 2 is 1.50 bits per heavy atom. The van der Waals surface area contributed by atoms with E-state index in [0.29, 0.717) is 0 Å². The Morgan fingerprint density at radius 1 is 0.900 bits per heavy atom. The third kappa shape index (κ3) is 0.889. The average molecular weight is 138 g/mol. The van der Waals surface area contributed by atoms with Crippen molar-refractivity contribution in [1.82, 2.24) is 0 Å². The molecule has 3 fully saturated rings. The highest BCUT2D eigenvalue weighted by Gasteiger charge is 2.37. The van der Waals surface area contributed by atoms with E-state index in [1.54, 1.807) is 6.42 Å². The third-order valence-corrected chi connectivity index (χ3v) is 3.78. The molecule has 3 rings (SSSR count). The standard InChI is InChI=1S/C10H18/c1-7-5-9-3-4-10(7)8(2)6-9/h7-10H,3-6H2,1-2H3. The van der Waals surface area contributed by atoms with Crippen LogP contribution < -0.4 is 0 Å². The molecule has 0 nitrogen and oxygen atoms in total. The maximum Gasteiger partial charge on any atom is -0.0362 e. The van der Waals surface area contributed by atoms with Crippen LogP contribution in [0.3, 0.4) is 0 Å². The highest BCUT2D eigenvalue weighted by molar-refractivity contribution is 4.87. The Hall–Kier alpha value is 0. The van der Waals surface area contributed by atoms with Gasteiger partial charge >= 0.3 is 0 Å². The second-order valence-electron chi connectivity index (χ2n) is 4.53. The van der Waals surface area contributed by atoms with Crippen LogP contribution in [-0.4, -0.2) is 0 Å².